The highest BCUT2D eigenvalue weighted by Crippen LogP contribution is 2.26. The zero-order valence-electron chi connectivity index (χ0n) is 13.5. The van der Waals surface area contributed by atoms with E-state index < -0.39 is 20.0 Å². The number of methoxy groups -OCH3 is 1. The summed E-state index contributed by atoms with van der Waals surface area (Å²) in [6.07, 6.45) is 0.589. The van der Waals surface area contributed by atoms with Gasteiger partial charge in [-0.25, -0.2) is 25.9 Å². The predicted octanol–water partition coefficient (Wildman–Crippen LogP) is 0.626. The van der Waals surface area contributed by atoms with Crippen molar-refractivity contribution >= 4 is 20.0 Å². The maximum atomic E-state index is 12.4. The summed E-state index contributed by atoms with van der Waals surface area (Å²) < 4.78 is 57.1. The van der Waals surface area contributed by atoms with Crippen LogP contribution in [-0.2, 0) is 20.0 Å². The molecule has 0 amide bonds. The molecule has 0 saturated carbocycles. The van der Waals surface area contributed by atoms with Gasteiger partial charge < -0.3 is 4.74 Å². The first-order chi connectivity index (χ1) is 10.7. The summed E-state index contributed by atoms with van der Waals surface area (Å²) in [6, 6.07) is 3.08. The number of benzene rings is 1. The van der Waals surface area contributed by atoms with Crippen molar-refractivity contribution in [3.8, 4) is 5.75 Å². The number of hydrogen-bond donors (Lipinski definition) is 1. The SMILES string of the molecule is COc1c(C)cc(S(=O)(=O)NCCN2CCCS2(=O)=O)cc1C. The average molecular weight is 362 g/mol. The van der Waals surface area contributed by atoms with Gasteiger partial charge in [0.05, 0.1) is 17.8 Å². The van der Waals surface area contributed by atoms with E-state index in [1.165, 1.54) is 11.4 Å². The number of nitrogens with zero attached hydrogens (tertiary/aromatic N) is 1. The van der Waals surface area contributed by atoms with E-state index >= 15 is 0 Å². The fourth-order valence-electron chi connectivity index (χ4n) is 2.72. The van der Waals surface area contributed by atoms with Crippen LogP contribution in [0.2, 0.25) is 0 Å². The molecule has 1 aromatic rings. The van der Waals surface area contributed by atoms with Gasteiger partial charge in [0, 0.05) is 19.6 Å². The van der Waals surface area contributed by atoms with E-state index in [1.54, 1.807) is 26.0 Å². The summed E-state index contributed by atoms with van der Waals surface area (Å²) in [7, 11) is -5.36. The number of nitrogens with one attached hydrogen (secondary N) is 1. The highest BCUT2D eigenvalue weighted by atomic mass is 32.2. The van der Waals surface area contributed by atoms with Crippen molar-refractivity contribution in [1.82, 2.24) is 9.03 Å². The van der Waals surface area contributed by atoms with Gasteiger partial charge in [-0.15, -0.1) is 0 Å². The second-order valence-corrected chi connectivity index (χ2v) is 9.41. The van der Waals surface area contributed by atoms with E-state index in [0.29, 0.717) is 18.7 Å². The number of ether oxygens (including phenoxy) is 1. The third-order valence-corrected chi connectivity index (χ3v) is 7.20. The molecule has 7 nitrogen and oxygen atoms in total. The van der Waals surface area contributed by atoms with Crippen LogP contribution in [0.3, 0.4) is 0 Å². The molecule has 0 bridgehead atoms. The molecule has 1 fully saturated rings. The molecule has 1 saturated heterocycles. The number of rotatable bonds is 6. The lowest BCUT2D eigenvalue weighted by Crippen LogP contribution is -2.35. The normalized spacial score (nSPS) is 18.2. The third-order valence-electron chi connectivity index (χ3n) is 3.80. The maximum Gasteiger partial charge on any atom is 0.240 e. The molecule has 2 rings (SSSR count). The van der Waals surface area contributed by atoms with Crippen molar-refractivity contribution in [3.63, 3.8) is 0 Å². The fourth-order valence-corrected chi connectivity index (χ4v) is 5.44. The molecule has 1 aliphatic rings. The first-order valence-corrected chi connectivity index (χ1v) is 10.4. The largest absolute Gasteiger partial charge is 0.496 e. The van der Waals surface area contributed by atoms with E-state index in [-0.39, 0.29) is 23.7 Å². The van der Waals surface area contributed by atoms with Gasteiger partial charge >= 0.3 is 0 Å². The van der Waals surface area contributed by atoms with Gasteiger partial charge in [0.1, 0.15) is 5.75 Å². The van der Waals surface area contributed by atoms with E-state index in [9.17, 15) is 16.8 Å². The van der Waals surface area contributed by atoms with Crippen molar-refractivity contribution in [2.75, 3.05) is 32.5 Å². The molecule has 23 heavy (non-hydrogen) atoms. The predicted molar refractivity (Wildman–Crippen MR) is 87.6 cm³/mol. The maximum absolute atomic E-state index is 12.4. The lowest BCUT2D eigenvalue weighted by Gasteiger charge is -2.15. The van der Waals surface area contributed by atoms with Crippen LogP contribution in [0.15, 0.2) is 17.0 Å². The topological polar surface area (TPSA) is 92.8 Å². The van der Waals surface area contributed by atoms with Crippen molar-refractivity contribution in [2.45, 2.75) is 25.2 Å². The summed E-state index contributed by atoms with van der Waals surface area (Å²) in [5, 5.41) is 0. The average Bonchev–Trinajstić information content (AvgIpc) is 2.77. The Kier molecular flexibility index (Phi) is 5.34. The van der Waals surface area contributed by atoms with Crippen LogP contribution in [0.1, 0.15) is 17.5 Å². The minimum absolute atomic E-state index is 0.0473. The quantitative estimate of drug-likeness (QED) is 0.801. The molecule has 1 aromatic carbocycles. The third kappa shape index (κ3) is 4.03. The molecule has 0 spiro atoms. The fraction of sp³-hybridized carbons (Fsp3) is 0.571. The van der Waals surface area contributed by atoms with Gasteiger partial charge in [-0.2, -0.15) is 0 Å². The van der Waals surface area contributed by atoms with E-state index in [2.05, 4.69) is 4.72 Å². The van der Waals surface area contributed by atoms with Crippen molar-refractivity contribution < 1.29 is 21.6 Å². The molecule has 130 valence electrons. The molecule has 0 radical (unpaired) electrons. The second kappa shape index (κ2) is 6.76. The highest BCUT2D eigenvalue weighted by molar-refractivity contribution is 7.89. The van der Waals surface area contributed by atoms with Gasteiger partial charge in [-0.05, 0) is 43.5 Å². The summed E-state index contributed by atoms with van der Waals surface area (Å²) in [6.45, 7) is 4.20. The Morgan fingerprint density at radius 3 is 2.35 bits per heavy atom. The molecule has 0 atom stereocenters. The van der Waals surface area contributed by atoms with E-state index in [4.69, 9.17) is 4.74 Å². The second-order valence-electron chi connectivity index (χ2n) is 5.56. The minimum atomic E-state index is -3.69. The lowest BCUT2D eigenvalue weighted by atomic mass is 10.1. The smallest absolute Gasteiger partial charge is 0.240 e. The summed E-state index contributed by atoms with van der Waals surface area (Å²) in [5.41, 5.74) is 1.46. The molecule has 0 aliphatic carbocycles. The molecule has 0 aromatic heterocycles. The molecule has 9 heteroatoms. The van der Waals surface area contributed by atoms with E-state index in [0.717, 1.165) is 11.1 Å². The number of hydrogen-bond acceptors (Lipinski definition) is 5. The van der Waals surface area contributed by atoms with Crippen molar-refractivity contribution in [1.29, 1.82) is 0 Å². The first-order valence-electron chi connectivity index (χ1n) is 7.30. The molecular weight excluding hydrogens is 340 g/mol. The van der Waals surface area contributed by atoms with E-state index in [1.807, 2.05) is 0 Å². The van der Waals surface area contributed by atoms with Crippen LogP contribution >= 0.6 is 0 Å². The van der Waals surface area contributed by atoms with Crippen molar-refractivity contribution in [2.24, 2.45) is 0 Å². The van der Waals surface area contributed by atoms with Crippen LogP contribution in [0, 0.1) is 13.8 Å². The Bertz CT molecular complexity index is 764. The van der Waals surface area contributed by atoms with Crippen LogP contribution < -0.4 is 9.46 Å². The summed E-state index contributed by atoms with van der Waals surface area (Å²) >= 11 is 0. The Morgan fingerprint density at radius 1 is 1.26 bits per heavy atom. The molecule has 1 heterocycles. The minimum Gasteiger partial charge on any atom is -0.496 e. The molecule has 1 N–H and O–H groups in total. The zero-order chi connectivity index (χ0) is 17.3. The van der Waals surface area contributed by atoms with Gasteiger partial charge in [0.25, 0.3) is 0 Å². The zero-order valence-corrected chi connectivity index (χ0v) is 15.1. The Labute approximate surface area is 137 Å². The van der Waals surface area contributed by atoms with Gasteiger partial charge in [0.2, 0.25) is 20.0 Å². The first kappa shape index (κ1) is 18.2. The van der Waals surface area contributed by atoms with Gasteiger partial charge in [-0.3, -0.25) is 0 Å². The summed E-state index contributed by atoms with van der Waals surface area (Å²) in [5.74, 6) is 0.795. The Morgan fingerprint density at radius 2 is 1.87 bits per heavy atom. The molecule has 0 unspecified atom stereocenters. The van der Waals surface area contributed by atoms with Crippen LogP contribution in [0.25, 0.3) is 0 Å². The summed E-state index contributed by atoms with van der Waals surface area (Å²) in [4.78, 5) is 0.151. The Hall–Kier alpha value is -1.16. The monoisotopic (exact) mass is 362 g/mol. The van der Waals surface area contributed by atoms with Crippen molar-refractivity contribution in [3.05, 3.63) is 23.3 Å². The van der Waals surface area contributed by atoms with Crippen LogP contribution in [-0.4, -0.2) is 53.6 Å². The van der Waals surface area contributed by atoms with Crippen LogP contribution in [0.4, 0.5) is 0 Å². The van der Waals surface area contributed by atoms with Gasteiger partial charge in [0.15, 0.2) is 0 Å². The highest BCUT2D eigenvalue weighted by Gasteiger charge is 2.28. The lowest BCUT2D eigenvalue weighted by molar-refractivity contribution is 0.408. The number of aryl methyl sites for hydroxylation is 2. The van der Waals surface area contributed by atoms with Crippen LogP contribution in [0.5, 0.6) is 5.75 Å². The Balaban J connectivity index is 2.08. The van der Waals surface area contributed by atoms with Gasteiger partial charge in [-0.1, -0.05) is 0 Å². The standard InChI is InChI=1S/C14H22N2O5S2/c1-11-9-13(10-12(2)14(11)21-3)23(19,20)15-5-7-16-6-4-8-22(16,17)18/h9-10,15H,4-8H2,1-3H3. The molecular formula is C14H22N2O5S2. The number of sulfonamides is 2. The molecule has 1 aliphatic heterocycles.